The number of allylic oxidation sites excluding steroid dienone is 11. The summed E-state index contributed by atoms with van der Waals surface area (Å²) in [6.07, 6.45) is 32.4. The van der Waals surface area contributed by atoms with Crippen molar-refractivity contribution < 1.29 is 9.84 Å². The highest BCUT2D eigenvalue weighted by atomic mass is 16.5. The Morgan fingerprint density at radius 1 is 0.692 bits per heavy atom. The van der Waals surface area contributed by atoms with Crippen molar-refractivity contribution >= 4 is 0 Å². The second-order valence-corrected chi connectivity index (χ2v) is 5.90. The summed E-state index contributed by atoms with van der Waals surface area (Å²) in [5.74, 6) is 0.691. The minimum atomic E-state index is -0.00445. The smallest absolute Gasteiger partial charge is 0.117 e. The molecule has 0 aliphatic carbocycles. The highest BCUT2D eigenvalue weighted by Crippen LogP contribution is 2.04. The van der Waals surface area contributed by atoms with E-state index in [1.807, 2.05) is 13.0 Å². The molecule has 26 heavy (non-hydrogen) atoms. The van der Waals surface area contributed by atoms with Gasteiger partial charge in [-0.1, -0.05) is 67.7 Å². The molecule has 0 saturated carbocycles. The van der Waals surface area contributed by atoms with Gasteiger partial charge in [0.15, 0.2) is 0 Å². The van der Waals surface area contributed by atoms with Crippen molar-refractivity contribution in [2.24, 2.45) is 0 Å². The van der Waals surface area contributed by atoms with E-state index in [2.05, 4.69) is 67.7 Å². The Morgan fingerprint density at radius 3 is 1.65 bits per heavy atom. The summed E-state index contributed by atoms with van der Waals surface area (Å²) in [7, 11) is 0. The molecule has 0 rings (SSSR count). The fourth-order valence-electron chi connectivity index (χ4n) is 2.22. The van der Waals surface area contributed by atoms with Gasteiger partial charge in [-0.15, -0.1) is 0 Å². The molecular formula is C24H38O2. The summed E-state index contributed by atoms with van der Waals surface area (Å²) in [5.41, 5.74) is 0. The number of hydrogen-bond donors (Lipinski definition) is 1. The van der Waals surface area contributed by atoms with Crippen LogP contribution in [0.1, 0.15) is 65.2 Å². The van der Waals surface area contributed by atoms with Crippen LogP contribution >= 0.6 is 0 Å². The van der Waals surface area contributed by atoms with Gasteiger partial charge in [-0.3, -0.25) is 0 Å². The molecule has 146 valence electrons. The Morgan fingerprint density at radius 2 is 1.19 bits per heavy atom. The molecule has 0 spiro atoms. The van der Waals surface area contributed by atoms with Crippen LogP contribution in [-0.4, -0.2) is 18.3 Å². The van der Waals surface area contributed by atoms with Crippen molar-refractivity contribution in [1.29, 1.82) is 0 Å². The molecule has 2 nitrogen and oxygen atoms in total. The van der Waals surface area contributed by atoms with Gasteiger partial charge in [0.1, 0.15) is 12.4 Å². The molecule has 0 amide bonds. The van der Waals surface area contributed by atoms with Crippen LogP contribution in [-0.2, 0) is 4.74 Å². The van der Waals surface area contributed by atoms with Crippen molar-refractivity contribution in [1.82, 2.24) is 0 Å². The van der Waals surface area contributed by atoms with E-state index in [1.165, 1.54) is 0 Å². The maximum absolute atomic E-state index is 9.08. The molecule has 1 N–H and O–H groups in total. The second-order valence-electron chi connectivity index (χ2n) is 5.90. The first-order valence-electron chi connectivity index (χ1n) is 10.0. The first-order valence-corrected chi connectivity index (χ1v) is 10.0. The highest BCUT2D eigenvalue weighted by molar-refractivity contribution is 5.00. The summed E-state index contributed by atoms with van der Waals surface area (Å²) in [6.45, 7) is 4.69. The van der Waals surface area contributed by atoms with E-state index in [4.69, 9.17) is 9.84 Å². The SMILES string of the molecule is CCC=CCC=CCC=CCC=CCC=CCCCC=C(CO)OCC. The minimum Gasteiger partial charge on any atom is -0.496 e. The molecule has 0 fully saturated rings. The zero-order valence-electron chi connectivity index (χ0n) is 16.8. The maximum atomic E-state index is 9.08. The van der Waals surface area contributed by atoms with E-state index < -0.39 is 0 Å². The van der Waals surface area contributed by atoms with Gasteiger partial charge in [-0.05, 0) is 64.4 Å². The van der Waals surface area contributed by atoms with Gasteiger partial charge in [0, 0.05) is 0 Å². The second kappa shape index (κ2) is 21.2. The molecule has 0 aliphatic heterocycles. The van der Waals surface area contributed by atoms with Gasteiger partial charge in [0.2, 0.25) is 0 Å². The van der Waals surface area contributed by atoms with E-state index in [0.717, 1.165) is 51.4 Å². The normalized spacial score (nSPS) is 13.4. The number of unbranched alkanes of at least 4 members (excludes halogenated alkanes) is 2. The number of rotatable bonds is 16. The highest BCUT2D eigenvalue weighted by Gasteiger charge is 1.92. The Labute approximate surface area is 161 Å². The van der Waals surface area contributed by atoms with Crippen molar-refractivity contribution in [2.45, 2.75) is 65.2 Å². The number of aliphatic hydroxyl groups excluding tert-OH is 1. The fraction of sp³-hybridized carbons (Fsp3) is 0.500. The summed E-state index contributed by atoms with van der Waals surface area (Å²) in [4.78, 5) is 0. The summed E-state index contributed by atoms with van der Waals surface area (Å²) < 4.78 is 5.30. The number of ether oxygens (including phenoxy) is 1. The molecule has 0 aromatic carbocycles. The fourth-order valence-corrected chi connectivity index (χ4v) is 2.22. The Kier molecular flexibility index (Phi) is 19.8. The molecule has 2 heteroatoms. The first kappa shape index (κ1) is 24.2. The Hall–Kier alpha value is -1.80. The molecule has 0 radical (unpaired) electrons. The van der Waals surface area contributed by atoms with E-state index >= 15 is 0 Å². The summed E-state index contributed by atoms with van der Waals surface area (Å²) in [5, 5.41) is 9.08. The number of aliphatic hydroxyl groups is 1. The molecule has 0 aliphatic rings. The van der Waals surface area contributed by atoms with Crippen molar-refractivity contribution in [2.75, 3.05) is 13.2 Å². The lowest BCUT2D eigenvalue weighted by Gasteiger charge is -2.04. The lowest BCUT2D eigenvalue weighted by atomic mass is 10.2. The zero-order chi connectivity index (χ0) is 19.1. The van der Waals surface area contributed by atoms with Crippen LogP contribution < -0.4 is 0 Å². The average molecular weight is 359 g/mol. The molecule has 0 aromatic rings. The molecule has 0 aromatic heterocycles. The number of hydrogen-bond acceptors (Lipinski definition) is 2. The Bertz CT molecular complexity index is 465. The lowest BCUT2D eigenvalue weighted by molar-refractivity contribution is 0.170. The van der Waals surface area contributed by atoms with E-state index in [1.54, 1.807) is 0 Å². The standard InChI is InChI=1S/C24H38O2/c1-3-5-6-7-8-9-10-11-12-13-14-15-16-17-18-19-20-21-22-24(23-25)26-4-2/h5-6,8-9,11-12,14-15,17-18,22,25H,3-4,7,10,13,16,19-21,23H2,1-2H3. The molecule has 0 bridgehead atoms. The third-order valence-electron chi connectivity index (χ3n) is 3.59. The zero-order valence-corrected chi connectivity index (χ0v) is 16.8. The van der Waals surface area contributed by atoms with Crippen LogP contribution in [0.4, 0.5) is 0 Å². The van der Waals surface area contributed by atoms with Crippen LogP contribution in [0, 0.1) is 0 Å². The third kappa shape index (κ3) is 18.5. The molecule has 0 heterocycles. The van der Waals surface area contributed by atoms with Crippen LogP contribution in [0.3, 0.4) is 0 Å². The molecule has 0 unspecified atom stereocenters. The first-order chi connectivity index (χ1) is 12.8. The van der Waals surface area contributed by atoms with Gasteiger partial charge < -0.3 is 9.84 Å². The minimum absolute atomic E-state index is 0.00445. The molecular weight excluding hydrogens is 320 g/mol. The van der Waals surface area contributed by atoms with E-state index in [0.29, 0.717) is 12.4 Å². The van der Waals surface area contributed by atoms with Gasteiger partial charge in [0.05, 0.1) is 6.61 Å². The Balaban J connectivity index is 3.58. The van der Waals surface area contributed by atoms with Gasteiger partial charge in [0.25, 0.3) is 0 Å². The topological polar surface area (TPSA) is 29.5 Å². The predicted molar refractivity (Wildman–Crippen MR) is 115 cm³/mol. The van der Waals surface area contributed by atoms with Gasteiger partial charge >= 0.3 is 0 Å². The largest absolute Gasteiger partial charge is 0.496 e. The predicted octanol–water partition coefficient (Wildman–Crippen LogP) is 6.82. The van der Waals surface area contributed by atoms with Crippen molar-refractivity contribution in [3.63, 3.8) is 0 Å². The van der Waals surface area contributed by atoms with Crippen LogP contribution in [0.5, 0.6) is 0 Å². The quantitative estimate of drug-likeness (QED) is 0.186. The molecule has 0 saturated heterocycles. The van der Waals surface area contributed by atoms with Crippen LogP contribution in [0.2, 0.25) is 0 Å². The van der Waals surface area contributed by atoms with Crippen LogP contribution in [0.25, 0.3) is 0 Å². The summed E-state index contributed by atoms with van der Waals surface area (Å²) >= 11 is 0. The van der Waals surface area contributed by atoms with Crippen molar-refractivity contribution in [3.05, 3.63) is 72.6 Å². The average Bonchev–Trinajstić information content (AvgIpc) is 2.66. The van der Waals surface area contributed by atoms with Crippen molar-refractivity contribution in [3.8, 4) is 0 Å². The van der Waals surface area contributed by atoms with E-state index in [9.17, 15) is 0 Å². The van der Waals surface area contributed by atoms with Gasteiger partial charge in [-0.2, -0.15) is 0 Å². The van der Waals surface area contributed by atoms with E-state index in [-0.39, 0.29) is 6.61 Å². The van der Waals surface area contributed by atoms with Gasteiger partial charge in [-0.25, -0.2) is 0 Å². The lowest BCUT2D eigenvalue weighted by Crippen LogP contribution is -1.96. The maximum Gasteiger partial charge on any atom is 0.117 e. The summed E-state index contributed by atoms with van der Waals surface area (Å²) in [6, 6.07) is 0. The third-order valence-corrected chi connectivity index (χ3v) is 3.59. The molecule has 0 atom stereocenters. The van der Waals surface area contributed by atoms with Crippen LogP contribution in [0.15, 0.2) is 72.6 Å². The monoisotopic (exact) mass is 358 g/mol.